The van der Waals surface area contributed by atoms with Crippen LogP contribution in [0, 0.1) is 5.92 Å². The van der Waals surface area contributed by atoms with Crippen molar-refractivity contribution in [3.8, 4) is 0 Å². The Labute approximate surface area is 107 Å². The van der Waals surface area contributed by atoms with Crippen molar-refractivity contribution in [2.75, 3.05) is 13.7 Å². The molecule has 1 aliphatic heterocycles. The van der Waals surface area contributed by atoms with Gasteiger partial charge in [-0.15, -0.1) is 0 Å². The molecule has 4 nitrogen and oxygen atoms in total. The predicted molar refractivity (Wildman–Crippen MR) is 66.8 cm³/mol. The molecule has 96 valence electrons. The minimum Gasteiger partial charge on any atom is -0.375 e. The smallest absolute Gasteiger partial charge is 0.235 e. The van der Waals surface area contributed by atoms with E-state index in [9.17, 15) is 9.59 Å². The van der Waals surface area contributed by atoms with Gasteiger partial charge >= 0.3 is 0 Å². The quantitative estimate of drug-likeness (QED) is 0.581. The molecule has 1 amide bonds. The van der Waals surface area contributed by atoms with Gasteiger partial charge in [-0.2, -0.15) is 0 Å². The van der Waals surface area contributed by atoms with Crippen LogP contribution in [0.1, 0.15) is 12.5 Å². The van der Waals surface area contributed by atoms with Crippen LogP contribution in [0.25, 0.3) is 0 Å². The average molecular weight is 247 g/mol. The number of nitrogens with zero attached hydrogens (tertiary/aromatic N) is 1. The van der Waals surface area contributed by atoms with Crippen LogP contribution in [0.2, 0.25) is 0 Å². The van der Waals surface area contributed by atoms with Crippen LogP contribution in [-0.4, -0.2) is 36.3 Å². The lowest BCUT2D eigenvalue weighted by Crippen LogP contribution is -2.63. The van der Waals surface area contributed by atoms with E-state index in [1.54, 1.807) is 11.9 Å². The van der Waals surface area contributed by atoms with Gasteiger partial charge < -0.3 is 9.64 Å². The molecular weight excluding hydrogens is 230 g/mol. The molecule has 0 spiro atoms. The predicted octanol–water partition coefficient (Wildman–Crippen LogP) is 1.25. The Hall–Kier alpha value is -1.68. The first-order chi connectivity index (χ1) is 8.61. The highest BCUT2D eigenvalue weighted by Gasteiger charge is 2.47. The topological polar surface area (TPSA) is 46.6 Å². The second kappa shape index (κ2) is 5.31. The lowest BCUT2D eigenvalue weighted by molar-refractivity contribution is -0.162. The van der Waals surface area contributed by atoms with Gasteiger partial charge in [-0.3, -0.25) is 9.59 Å². The first-order valence-electron chi connectivity index (χ1n) is 6.00. The summed E-state index contributed by atoms with van der Waals surface area (Å²) in [6.45, 7) is 2.37. The monoisotopic (exact) mass is 247 g/mol. The zero-order valence-corrected chi connectivity index (χ0v) is 10.6. The number of carbonyl (C=O) groups is 2. The van der Waals surface area contributed by atoms with Crippen LogP contribution >= 0.6 is 0 Å². The van der Waals surface area contributed by atoms with Crippen molar-refractivity contribution in [1.29, 1.82) is 0 Å². The standard InChI is InChI=1S/C14H17NO3/c1-10(16)13-12(15(2)14(13)17)9-18-8-11-6-4-3-5-7-11/h3-7,12-13H,8-9H2,1-2H3/t12-,13-/m0/s1. The number of β-lactam (4-membered cyclic amide) rings is 1. The van der Waals surface area contributed by atoms with Crippen molar-refractivity contribution in [2.24, 2.45) is 5.92 Å². The molecule has 0 radical (unpaired) electrons. The molecule has 0 aromatic heterocycles. The molecule has 0 saturated carbocycles. The summed E-state index contributed by atoms with van der Waals surface area (Å²) in [6.07, 6.45) is 0. The summed E-state index contributed by atoms with van der Waals surface area (Å²) in [7, 11) is 1.71. The number of Topliss-reactive ketones (excluding diaryl/α,β-unsaturated/α-hetero) is 1. The van der Waals surface area contributed by atoms with E-state index in [1.165, 1.54) is 6.92 Å². The fourth-order valence-corrected chi connectivity index (χ4v) is 2.21. The van der Waals surface area contributed by atoms with Gasteiger partial charge in [0.15, 0.2) is 0 Å². The molecule has 2 atom stereocenters. The molecule has 18 heavy (non-hydrogen) atoms. The second-order valence-electron chi connectivity index (χ2n) is 4.61. The largest absolute Gasteiger partial charge is 0.375 e. The normalized spacial score (nSPS) is 22.8. The Morgan fingerprint density at radius 2 is 2.00 bits per heavy atom. The van der Waals surface area contributed by atoms with Crippen molar-refractivity contribution < 1.29 is 14.3 Å². The molecule has 1 aliphatic rings. The highest BCUT2D eigenvalue weighted by molar-refractivity contribution is 6.05. The van der Waals surface area contributed by atoms with Crippen LogP contribution in [0.15, 0.2) is 30.3 Å². The third-order valence-corrected chi connectivity index (χ3v) is 3.33. The highest BCUT2D eigenvalue weighted by Crippen LogP contribution is 2.26. The molecule has 0 aliphatic carbocycles. The van der Waals surface area contributed by atoms with Crippen LogP contribution in [-0.2, 0) is 20.9 Å². The average Bonchev–Trinajstić information content (AvgIpc) is 2.37. The van der Waals surface area contributed by atoms with E-state index in [0.29, 0.717) is 13.2 Å². The van der Waals surface area contributed by atoms with E-state index in [1.807, 2.05) is 30.3 Å². The Bertz CT molecular complexity index is 444. The number of rotatable bonds is 5. The summed E-state index contributed by atoms with van der Waals surface area (Å²) in [4.78, 5) is 24.4. The maximum absolute atomic E-state index is 11.5. The van der Waals surface area contributed by atoms with E-state index in [-0.39, 0.29) is 17.7 Å². The summed E-state index contributed by atoms with van der Waals surface area (Å²) < 4.78 is 5.58. The molecular formula is C14H17NO3. The molecule has 1 aromatic rings. The summed E-state index contributed by atoms with van der Waals surface area (Å²) in [5, 5.41) is 0. The van der Waals surface area contributed by atoms with Crippen molar-refractivity contribution >= 4 is 11.7 Å². The van der Waals surface area contributed by atoms with Crippen molar-refractivity contribution in [2.45, 2.75) is 19.6 Å². The van der Waals surface area contributed by atoms with Gasteiger partial charge in [-0.1, -0.05) is 30.3 Å². The first kappa shape index (κ1) is 12.8. The lowest BCUT2D eigenvalue weighted by atomic mass is 9.85. The summed E-state index contributed by atoms with van der Waals surface area (Å²) in [6, 6.07) is 9.72. The van der Waals surface area contributed by atoms with Gasteiger partial charge in [0.05, 0.1) is 19.3 Å². The third kappa shape index (κ3) is 2.43. The van der Waals surface area contributed by atoms with E-state index >= 15 is 0 Å². The van der Waals surface area contributed by atoms with Gasteiger partial charge in [-0.05, 0) is 12.5 Å². The first-order valence-corrected chi connectivity index (χ1v) is 6.00. The Morgan fingerprint density at radius 3 is 2.61 bits per heavy atom. The number of benzene rings is 1. The van der Waals surface area contributed by atoms with Crippen molar-refractivity contribution in [3.63, 3.8) is 0 Å². The number of ether oxygens (including phenoxy) is 1. The number of likely N-dealkylation sites (N-methyl/N-ethyl adjacent to an activating group) is 1. The van der Waals surface area contributed by atoms with Crippen LogP contribution in [0.4, 0.5) is 0 Å². The Morgan fingerprint density at radius 1 is 1.33 bits per heavy atom. The van der Waals surface area contributed by atoms with Gasteiger partial charge in [0.2, 0.25) is 5.91 Å². The minimum atomic E-state index is -0.509. The maximum atomic E-state index is 11.5. The number of amides is 1. The van der Waals surface area contributed by atoms with Crippen molar-refractivity contribution in [3.05, 3.63) is 35.9 Å². The number of hydrogen-bond acceptors (Lipinski definition) is 3. The maximum Gasteiger partial charge on any atom is 0.235 e. The lowest BCUT2D eigenvalue weighted by Gasteiger charge is -2.43. The zero-order valence-electron chi connectivity index (χ0n) is 10.6. The molecule has 0 N–H and O–H groups in total. The number of ketones is 1. The minimum absolute atomic E-state index is 0.0774. The summed E-state index contributed by atoms with van der Waals surface area (Å²) in [5.41, 5.74) is 1.09. The highest BCUT2D eigenvalue weighted by atomic mass is 16.5. The Balaban J connectivity index is 1.83. The second-order valence-corrected chi connectivity index (χ2v) is 4.61. The Kier molecular flexibility index (Phi) is 3.77. The molecule has 4 heteroatoms. The van der Waals surface area contributed by atoms with Gasteiger partial charge in [0, 0.05) is 7.05 Å². The molecule has 1 saturated heterocycles. The van der Waals surface area contributed by atoms with E-state index in [2.05, 4.69) is 0 Å². The van der Waals surface area contributed by atoms with Crippen LogP contribution < -0.4 is 0 Å². The molecule has 1 heterocycles. The molecule has 0 unspecified atom stereocenters. The number of likely N-dealkylation sites (tertiary alicyclic amines) is 1. The molecule has 1 fully saturated rings. The van der Waals surface area contributed by atoms with Gasteiger partial charge in [-0.25, -0.2) is 0 Å². The summed E-state index contributed by atoms with van der Waals surface area (Å²) in [5.74, 6) is -0.687. The van der Waals surface area contributed by atoms with Gasteiger partial charge in [0.1, 0.15) is 11.7 Å². The summed E-state index contributed by atoms with van der Waals surface area (Å²) >= 11 is 0. The van der Waals surface area contributed by atoms with Gasteiger partial charge in [0.25, 0.3) is 0 Å². The van der Waals surface area contributed by atoms with E-state index in [4.69, 9.17) is 4.74 Å². The zero-order chi connectivity index (χ0) is 13.1. The molecule has 2 rings (SSSR count). The van der Waals surface area contributed by atoms with Crippen molar-refractivity contribution in [1.82, 2.24) is 4.90 Å². The van der Waals surface area contributed by atoms with Crippen LogP contribution in [0.5, 0.6) is 0 Å². The van der Waals surface area contributed by atoms with Crippen LogP contribution in [0.3, 0.4) is 0 Å². The number of carbonyl (C=O) groups excluding carboxylic acids is 2. The molecule has 1 aromatic carbocycles. The molecule has 0 bridgehead atoms. The fraction of sp³-hybridized carbons (Fsp3) is 0.429. The third-order valence-electron chi connectivity index (χ3n) is 3.33. The fourth-order valence-electron chi connectivity index (χ4n) is 2.21. The van der Waals surface area contributed by atoms with E-state index in [0.717, 1.165) is 5.56 Å². The SMILES string of the molecule is CC(=O)[C@@H]1C(=O)N(C)[C@H]1COCc1ccccc1. The number of hydrogen-bond donors (Lipinski definition) is 0. The van der Waals surface area contributed by atoms with E-state index < -0.39 is 5.92 Å².